The van der Waals surface area contributed by atoms with Gasteiger partial charge < -0.3 is 9.05 Å². The van der Waals surface area contributed by atoms with Gasteiger partial charge in [0.1, 0.15) is 0 Å². The number of fused-ring (bicyclic) bond motifs is 1. The summed E-state index contributed by atoms with van der Waals surface area (Å²) in [5, 5.41) is 0. The van der Waals surface area contributed by atoms with Crippen LogP contribution in [-0.4, -0.2) is 18.8 Å². The summed E-state index contributed by atoms with van der Waals surface area (Å²) < 4.78 is 13.3. The van der Waals surface area contributed by atoms with Crippen molar-refractivity contribution >= 4 is 8.53 Å². The van der Waals surface area contributed by atoms with E-state index in [0.29, 0.717) is 13.2 Å². The van der Waals surface area contributed by atoms with Crippen molar-refractivity contribution in [2.75, 3.05) is 14.1 Å². The van der Waals surface area contributed by atoms with Crippen molar-refractivity contribution in [3.8, 4) is 0 Å². The van der Waals surface area contributed by atoms with Gasteiger partial charge in [0, 0.05) is 0 Å². The molecule has 0 atom stereocenters. The van der Waals surface area contributed by atoms with Gasteiger partial charge in [-0.05, 0) is 25.2 Å². The average Bonchev–Trinajstić information content (AvgIpc) is 2.39. The Morgan fingerprint density at radius 3 is 2.00 bits per heavy atom. The fourth-order valence-electron chi connectivity index (χ4n) is 1.36. The van der Waals surface area contributed by atoms with Crippen LogP contribution in [0, 0.1) is 0 Å². The van der Waals surface area contributed by atoms with Gasteiger partial charge in [0.2, 0.25) is 0 Å². The van der Waals surface area contributed by atoms with E-state index in [9.17, 15) is 0 Å². The summed E-state index contributed by atoms with van der Waals surface area (Å²) in [6.45, 7) is 1.31. The zero-order valence-electron chi connectivity index (χ0n) is 8.43. The molecular weight excluding hydrogens is 197 g/mol. The third kappa shape index (κ3) is 2.12. The lowest BCUT2D eigenvalue weighted by Crippen LogP contribution is -2.06. The Labute approximate surface area is 85.6 Å². The molecule has 0 N–H and O–H groups in total. The lowest BCUT2D eigenvalue weighted by atomic mass is 10.1. The standard InChI is InChI=1S/C10H14NO2P/c1-11(2)14-12-7-9-5-3-4-6-10(9)8-13-14/h3-6H,7-8H2,1-2H3. The lowest BCUT2D eigenvalue weighted by molar-refractivity contribution is 0.223. The second-order valence-corrected chi connectivity index (χ2v) is 5.19. The predicted octanol–water partition coefficient (Wildman–Crippen LogP) is 2.52. The van der Waals surface area contributed by atoms with E-state index in [0.717, 1.165) is 0 Å². The van der Waals surface area contributed by atoms with Crippen LogP contribution in [0.25, 0.3) is 0 Å². The molecule has 1 aromatic carbocycles. The molecule has 0 saturated heterocycles. The molecule has 1 aromatic rings. The van der Waals surface area contributed by atoms with Crippen molar-refractivity contribution in [2.24, 2.45) is 0 Å². The fraction of sp³-hybridized carbons (Fsp3) is 0.400. The largest absolute Gasteiger partial charge is 0.317 e. The summed E-state index contributed by atoms with van der Waals surface area (Å²) in [7, 11) is 3.08. The number of rotatable bonds is 1. The monoisotopic (exact) mass is 211 g/mol. The van der Waals surface area contributed by atoms with Crippen LogP contribution in [0.3, 0.4) is 0 Å². The summed E-state index contributed by atoms with van der Waals surface area (Å²) in [5.74, 6) is 0. The van der Waals surface area contributed by atoms with Gasteiger partial charge in [-0.3, -0.25) is 0 Å². The minimum Gasteiger partial charge on any atom is -0.317 e. The van der Waals surface area contributed by atoms with Gasteiger partial charge in [-0.25, -0.2) is 4.67 Å². The van der Waals surface area contributed by atoms with Crippen LogP contribution in [-0.2, 0) is 22.3 Å². The Bertz CT molecular complexity index is 290. The maximum atomic E-state index is 5.66. The van der Waals surface area contributed by atoms with Gasteiger partial charge in [-0.2, -0.15) is 0 Å². The topological polar surface area (TPSA) is 21.7 Å². The molecule has 1 heterocycles. The van der Waals surface area contributed by atoms with Gasteiger partial charge in [-0.15, -0.1) is 0 Å². The van der Waals surface area contributed by atoms with E-state index < -0.39 is 8.53 Å². The maximum Gasteiger partial charge on any atom is 0.258 e. The van der Waals surface area contributed by atoms with E-state index in [2.05, 4.69) is 12.1 Å². The number of hydrogen-bond donors (Lipinski definition) is 0. The Hall–Kier alpha value is -0.470. The third-order valence-corrected chi connectivity index (χ3v) is 3.46. The van der Waals surface area contributed by atoms with E-state index in [-0.39, 0.29) is 0 Å². The Morgan fingerprint density at radius 1 is 1.07 bits per heavy atom. The minimum atomic E-state index is -0.870. The van der Waals surface area contributed by atoms with Crippen molar-refractivity contribution in [3.05, 3.63) is 35.4 Å². The van der Waals surface area contributed by atoms with Crippen LogP contribution in [0.4, 0.5) is 0 Å². The smallest absolute Gasteiger partial charge is 0.258 e. The highest BCUT2D eigenvalue weighted by Crippen LogP contribution is 2.44. The molecule has 1 aliphatic rings. The first-order chi connectivity index (χ1) is 6.77. The van der Waals surface area contributed by atoms with Crippen LogP contribution in [0.1, 0.15) is 11.1 Å². The van der Waals surface area contributed by atoms with Crippen molar-refractivity contribution in [2.45, 2.75) is 13.2 Å². The average molecular weight is 211 g/mol. The molecule has 0 saturated carbocycles. The Kier molecular flexibility index (Phi) is 3.14. The molecule has 0 amide bonds. The first kappa shape index (κ1) is 10.1. The quantitative estimate of drug-likeness (QED) is 0.666. The summed E-state index contributed by atoms with van der Waals surface area (Å²) in [5.41, 5.74) is 2.47. The minimum absolute atomic E-state index is 0.653. The first-order valence-electron chi connectivity index (χ1n) is 4.57. The summed E-state index contributed by atoms with van der Waals surface area (Å²) in [4.78, 5) is 0. The summed E-state index contributed by atoms with van der Waals surface area (Å²) in [6.07, 6.45) is 0. The van der Waals surface area contributed by atoms with Crippen LogP contribution >= 0.6 is 8.53 Å². The van der Waals surface area contributed by atoms with E-state index in [1.165, 1.54) is 11.1 Å². The molecule has 2 rings (SSSR count). The zero-order chi connectivity index (χ0) is 9.97. The maximum absolute atomic E-state index is 5.66. The summed E-state index contributed by atoms with van der Waals surface area (Å²) in [6, 6.07) is 8.25. The SMILES string of the molecule is CN(C)P1OCc2ccccc2CO1. The highest BCUT2D eigenvalue weighted by molar-refractivity contribution is 7.44. The van der Waals surface area contributed by atoms with Crippen LogP contribution in [0.15, 0.2) is 24.3 Å². The van der Waals surface area contributed by atoms with Crippen LogP contribution in [0.5, 0.6) is 0 Å². The third-order valence-electron chi connectivity index (χ3n) is 2.11. The van der Waals surface area contributed by atoms with Crippen molar-refractivity contribution < 1.29 is 9.05 Å². The van der Waals surface area contributed by atoms with Crippen molar-refractivity contribution in [3.63, 3.8) is 0 Å². The molecule has 0 radical (unpaired) electrons. The molecule has 1 aliphatic heterocycles. The fourth-order valence-corrected chi connectivity index (χ4v) is 2.39. The van der Waals surface area contributed by atoms with Gasteiger partial charge in [0.25, 0.3) is 8.53 Å². The summed E-state index contributed by atoms with van der Waals surface area (Å²) >= 11 is 0. The lowest BCUT2D eigenvalue weighted by Gasteiger charge is -2.19. The van der Waals surface area contributed by atoms with Gasteiger partial charge in [0.15, 0.2) is 0 Å². The number of benzene rings is 1. The second-order valence-electron chi connectivity index (χ2n) is 3.40. The van der Waals surface area contributed by atoms with Crippen LogP contribution in [0.2, 0.25) is 0 Å². The van der Waals surface area contributed by atoms with E-state index in [1.54, 1.807) is 0 Å². The van der Waals surface area contributed by atoms with Crippen molar-refractivity contribution in [1.82, 2.24) is 4.67 Å². The van der Waals surface area contributed by atoms with E-state index in [4.69, 9.17) is 9.05 Å². The van der Waals surface area contributed by atoms with Crippen molar-refractivity contribution in [1.29, 1.82) is 0 Å². The Balaban J connectivity index is 2.14. The number of nitrogens with zero attached hydrogens (tertiary/aromatic N) is 1. The van der Waals surface area contributed by atoms with E-state index in [1.807, 2.05) is 30.9 Å². The predicted molar refractivity (Wildman–Crippen MR) is 56.6 cm³/mol. The van der Waals surface area contributed by atoms with E-state index >= 15 is 0 Å². The first-order valence-corrected chi connectivity index (χ1v) is 5.70. The van der Waals surface area contributed by atoms with Gasteiger partial charge in [0.05, 0.1) is 13.2 Å². The highest BCUT2D eigenvalue weighted by atomic mass is 31.2. The molecule has 0 aromatic heterocycles. The molecule has 0 bridgehead atoms. The molecule has 4 heteroatoms. The molecule has 0 unspecified atom stereocenters. The molecule has 0 spiro atoms. The molecule has 3 nitrogen and oxygen atoms in total. The van der Waals surface area contributed by atoms with Gasteiger partial charge in [-0.1, -0.05) is 24.3 Å². The normalized spacial score (nSPS) is 17.9. The zero-order valence-corrected chi connectivity index (χ0v) is 9.33. The number of hydrogen-bond acceptors (Lipinski definition) is 3. The van der Waals surface area contributed by atoms with Crippen LogP contribution < -0.4 is 0 Å². The molecule has 0 fully saturated rings. The molecule has 14 heavy (non-hydrogen) atoms. The molecule has 76 valence electrons. The highest BCUT2D eigenvalue weighted by Gasteiger charge is 2.19. The molecule has 0 aliphatic carbocycles. The molecular formula is C10H14NO2P. The Morgan fingerprint density at radius 2 is 1.57 bits per heavy atom. The van der Waals surface area contributed by atoms with Gasteiger partial charge >= 0.3 is 0 Å². The second kappa shape index (κ2) is 4.37.